The van der Waals surface area contributed by atoms with Gasteiger partial charge in [0.05, 0.1) is 0 Å². The molecular weight excluding hydrogens is 250 g/mol. The van der Waals surface area contributed by atoms with E-state index in [1.165, 1.54) is 5.56 Å². The Kier molecular flexibility index (Phi) is 6.54. The smallest absolute Gasteiger partial charge is 0.139 e. The minimum Gasteiger partial charge on any atom is -0.409 e. The molecule has 18 heavy (non-hydrogen) atoms. The number of unbranched alkanes of at least 4 members (excludes halogenated alkanes) is 1. The van der Waals surface area contributed by atoms with Gasteiger partial charge in [0, 0.05) is 17.5 Å². The zero-order chi connectivity index (χ0) is 13.4. The number of hydrogen-bond donors (Lipinski definition) is 3. The van der Waals surface area contributed by atoms with E-state index in [0.29, 0.717) is 18.3 Å². The molecule has 0 aliphatic heterocycles. The van der Waals surface area contributed by atoms with E-state index in [9.17, 15) is 0 Å². The molecule has 1 atom stereocenters. The van der Waals surface area contributed by atoms with Gasteiger partial charge in [-0.2, -0.15) is 0 Å². The first-order chi connectivity index (χ1) is 8.63. The van der Waals surface area contributed by atoms with E-state index in [-0.39, 0.29) is 0 Å². The van der Waals surface area contributed by atoms with Crippen molar-refractivity contribution in [1.82, 2.24) is 5.32 Å². The van der Waals surface area contributed by atoms with Gasteiger partial charge >= 0.3 is 0 Å². The van der Waals surface area contributed by atoms with Gasteiger partial charge in [0.15, 0.2) is 0 Å². The van der Waals surface area contributed by atoms with E-state index in [4.69, 9.17) is 22.5 Å². The van der Waals surface area contributed by atoms with Crippen LogP contribution in [0.4, 0.5) is 0 Å². The molecule has 0 aliphatic rings. The molecule has 4 N–H and O–H groups in total. The van der Waals surface area contributed by atoms with Crippen molar-refractivity contribution in [1.29, 1.82) is 0 Å². The fourth-order valence-electron chi connectivity index (χ4n) is 1.67. The second-order valence-corrected chi connectivity index (χ2v) is 4.71. The van der Waals surface area contributed by atoms with Crippen LogP contribution in [0.2, 0.25) is 5.02 Å². The van der Waals surface area contributed by atoms with Crippen LogP contribution in [0, 0.1) is 0 Å². The van der Waals surface area contributed by atoms with Gasteiger partial charge in [-0.3, -0.25) is 0 Å². The summed E-state index contributed by atoms with van der Waals surface area (Å²) in [6.07, 6.45) is 2.54. The summed E-state index contributed by atoms with van der Waals surface area (Å²) in [5.41, 5.74) is 6.61. The van der Waals surface area contributed by atoms with Crippen LogP contribution in [0.1, 0.15) is 37.8 Å². The first-order valence-corrected chi connectivity index (χ1v) is 6.46. The molecular formula is C13H20ClN3O. The lowest BCUT2D eigenvalue weighted by molar-refractivity contribution is 0.316. The van der Waals surface area contributed by atoms with E-state index >= 15 is 0 Å². The second kappa shape index (κ2) is 7.95. The van der Waals surface area contributed by atoms with E-state index in [1.54, 1.807) is 0 Å². The highest BCUT2D eigenvalue weighted by Crippen LogP contribution is 2.15. The van der Waals surface area contributed by atoms with Crippen molar-refractivity contribution in [3.05, 3.63) is 34.9 Å². The van der Waals surface area contributed by atoms with Crippen LogP contribution in [0.25, 0.3) is 0 Å². The summed E-state index contributed by atoms with van der Waals surface area (Å²) in [6.45, 7) is 3.02. The maximum atomic E-state index is 8.39. The molecule has 1 aromatic carbocycles. The summed E-state index contributed by atoms with van der Waals surface area (Å²) >= 11 is 5.84. The third kappa shape index (κ3) is 5.38. The number of hydrogen-bond acceptors (Lipinski definition) is 3. The monoisotopic (exact) mass is 269 g/mol. The molecule has 1 aromatic rings. The first kappa shape index (κ1) is 14.8. The lowest BCUT2D eigenvalue weighted by Crippen LogP contribution is -2.20. The van der Waals surface area contributed by atoms with Crippen molar-refractivity contribution in [2.75, 3.05) is 6.54 Å². The number of halogens is 1. The number of amidine groups is 1. The average molecular weight is 270 g/mol. The lowest BCUT2D eigenvalue weighted by Gasteiger charge is -2.14. The molecule has 0 radical (unpaired) electrons. The van der Waals surface area contributed by atoms with Gasteiger partial charge in [-0.25, -0.2) is 0 Å². The third-order valence-electron chi connectivity index (χ3n) is 2.81. The van der Waals surface area contributed by atoms with E-state index in [0.717, 1.165) is 24.4 Å². The van der Waals surface area contributed by atoms with Crippen LogP contribution in [0.5, 0.6) is 0 Å². The van der Waals surface area contributed by atoms with Crippen molar-refractivity contribution in [2.45, 2.75) is 32.2 Å². The molecule has 0 heterocycles. The van der Waals surface area contributed by atoms with Gasteiger partial charge in [-0.15, -0.1) is 0 Å². The van der Waals surface area contributed by atoms with Gasteiger partial charge in [-0.05, 0) is 44.0 Å². The van der Waals surface area contributed by atoms with E-state index in [1.807, 2.05) is 24.3 Å². The molecule has 0 bridgehead atoms. The Morgan fingerprint density at radius 2 is 2.06 bits per heavy atom. The minimum atomic E-state index is 0.292. The van der Waals surface area contributed by atoms with Gasteiger partial charge in [0.25, 0.3) is 0 Å². The molecule has 0 aromatic heterocycles. The number of nitrogens with one attached hydrogen (secondary N) is 1. The Morgan fingerprint density at radius 1 is 1.39 bits per heavy atom. The molecule has 1 unspecified atom stereocenters. The lowest BCUT2D eigenvalue weighted by atomic mass is 10.1. The first-order valence-electron chi connectivity index (χ1n) is 6.08. The third-order valence-corrected chi connectivity index (χ3v) is 3.06. The number of oxime groups is 1. The maximum Gasteiger partial charge on any atom is 0.139 e. The van der Waals surface area contributed by atoms with Crippen molar-refractivity contribution in [3.8, 4) is 0 Å². The van der Waals surface area contributed by atoms with E-state index < -0.39 is 0 Å². The summed E-state index contributed by atoms with van der Waals surface area (Å²) in [5.74, 6) is 0.292. The fourth-order valence-corrected chi connectivity index (χ4v) is 1.79. The molecule has 0 spiro atoms. The normalized spacial score (nSPS) is 13.6. The predicted octanol–water partition coefficient (Wildman–Crippen LogP) is 2.91. The minimum absolute atomic E-state index is 0.292. The topological polar surface area (TPSA) is 70.6 Å². The van der Waals surface area contributed by atoms with Crippen LogP contribution < -0.4 is 11.1 Å². The van der Waals surface area contributed by atoms with Crippen molar-refractivity contribution >= 4 is 17.4 Å². The van der Waals surface area contributed by atoms with Gasteiger partial charge in [-0.1, -0.05) is 28.9 Å². The van der Waals surface area contributed by atoms with Gasteiger partial charge in [0.2, 0.25) is 0 Å². The van der Waals surface area contributed by atoms with Gasteiger partial charge in [0.1, 0.15) is 5.84 Å². The molecule has 0 saturated carbocycles. The molecule has 1 rings (SSSR count). The van der Waals surface area contributed by atoms with Crippen LogP contribution in [0.3, 0.4) is 0 Å². The summed E-state index contributed by atoms with van der Waals surface area (Å²) in [7, 11) is 0. The number of nitrogens with two attached hydrogens (primary N) is 1. The Bertz CT molecular complexity index is 378. The van der Waals surface area contributed by atoms with Crippen molar-refractivity contribution in [3.63, 3.8) is 0 Å². The molecule has 0 fully saturated rings. The molecule has 0 aliphatic carbocycles. The zero-order valence-electron chi connectivity index (χ0n) is 10.6. The Labute approximate surface area is 113 Å². The highest BCUT2D eigenvalue weighted by molar-refractivity contribution is 6.30. The number of rotatable bonds is 7. The maximum absolute atomic E-state index is 8.39. The van der Waals surface area contributed by atoms with Crippen LogP contribution in [-0.2, 0) is 0 Å². The number of nitrogens with zero attached hydrogens (tertiary/aromatic N) is 1. The molecule has 5 heteroatoms. The summed E-state index contributed by atoms with van der Waals surface area (Å²) in [5, 5.41) is 15.5. The van der Waals surface area contributed by atoms with E-state index in [2.05, 4.69) is 17.4 Å². The van der Waals surface area contributed by atoms with Crippen molar-refractivity contribution in [2.24, 2.45) is 10.9 Å². The molecule has 4 nitrogen and oxygen atoms in total. The quantitative estimate of drug-likeness (QED) is 0.234. The Balaban J connectivity index is 2.21. The largest absolute Gasteiger partial charge is 0.409 e. The molecule has 0 saturated heterocycles. The van der Waals surface area contributed by atoms with Crippen molar-refractivity contribution < 1.29 is 5.21 Å². The highest BCUT2D eigenvalue weighted by Gasteiger charge is 2.03. The fraction of sp³-hybridized carbons (Fsp3) is 0.462. The van der Waals surface area contributed by atoms with Crippen LogP contribution >= 0.6 is 11.6 Å². The Morgan fingerprint density at radius 3 is 2.67 bits per heavy atom. The molecule has 0 amide bonds. The van der Waals surface area contributed by atoms with Crippen LogP contribution in [-0.4, -0.2) is 17.6 Å². The highest BCUT2D eigenvalue weighted by atomic mass is 35.5. The SMILES string of the molecule is CC(NCCCC/C(N)=N/O)c1ccc(Cl)cc1. The second-order valence-electron chi connectivity index (χ2n) is 4.28. The van der Waals surface area contributed by atoms with Crippen LogP contribution in [0.15, 0.2) is 29.4 Å². The summed E-state index contributed by atoms with van der Waals surface area (Å²) in [6, 6.07) is 8.14. The summed E-state index contributed by atoms with van der Waals surface area (Å²) < 4.78 is 0. The molecule has 100 valence electrons. The Hall–Kier alpha value is -1.26. The zero-order valence-corrected chi connectivity index (χ0v) is 11.3. The number of benzene rings is 1. The standard InChI is InChI=1S/C13H20ClN3O/c1-10(11-5-7-12(14)8-6-11)16-9-3-2-4-13(15)17-18/h5-8,10,16,18H,2-4,9H2,1H3,(H2,15,17). The van der Waals surface area contributed by atoms with Gasteiger partial charge < -0.3 is 16.3 Å². The average Bonchev–Trinajstić information content (AvgIpc) is 2.38. The summed E-state index contributed by atoms with van der Waals surface area (Å²) in [4.78, 5) is 0. The predicted molar refractivity (Wildman–Crippen MR) is 75.1 cm³/mol.